The molecule has 1 heterocycles. The first-order valence-electron chi connectivity index (χ1n) is 6.78. The Labute approximate surface area is 114 Å². The lowest BCUT2D eigenvalue weighted by Gasteiger charge is -2.25. The first-order chi connectivity index (χ1) is 9.09. The maximum atomic E-state index is 9.18. The second kappa shape index (κ2) is 6.48. The number of nitrogens with zero attached hydrogens (tertiary/aromatic N) is 1. The summed E-state index contributed by atoms with van der Waals surface area (Å²) in [6.45, 7) is 6.88. The van der Waals surface area contributed by atoms with Crippen molar-refractivity contribution < 1.29 is 14.6 Å². The molecule has 1 aromatic rings. The Morgan fingerprint density at radius 2 is 2.05 bits per heavy atom. The van der Waals surface area contributed by atoms with Gasteiger partial charge in [-0.2, -0.15) is 0 Å². The van der Waals surface area contributed by atoms with E-state index in [0.717, 1.165) is 13.1 Å². The number of aliphatic hydroxyl groups excluding tert-OH is 1. The van der Waals surface area contributed by atoms with Gasteiger partial charge in [-0.15, -0.1) is 0 Å². The van der Waals surface area contributed by atoms with E-state index in [0.29, 0.717) is 13.2 Å². The van der Waals surface area contributed by atoms with Crippen molar-refractivity contribution in [1.82, 2.24) is 4.90 Å². The monoisotopic (exact) mass is 265 g/mol. The molecule has 0 bridgehead atoms. The van der Waals surface area contributed by atoms with E-state index < -0.39 is 5.79 Å². The van der Waals surface area contributed by atoms with E-state index in [-0.39, 0.29) is 12.7 Å². The lowest BCUT2D eigenvalue weighted by atomic mass is 10.2. The summed E-state index contributed by atoms with van der Waals surface area (Å²) in [7, 11) is 0. The normalized spacial score (nSPS) is 22.0. The fourth-order valence-corrected chi connectivity index (χ4v) is 2.36. The van der Waals surface area contributed by atoms with Gasteiger partial charge in [-0.05, 0) is 19.4 Å². The smallest absolute Gasteiger partial charge is 0.163 e. The second-order valence-electron chi connectivity index (χ2n) is 5.40. The molecule has 0 aliphatic carbocycles. The van der Waals surface area contributed by atoms with Gasteiger partial charge in [0.15, 0.2) is 5.79 Å². The number of hydrogen-bond donors (Lipinski definition) is 1. The van der Waals surface area contributed by atoms with E-state index in [1.54, 1.807) is 0 Å². The Balaban J connectivity index is 1.89. The number of ether oxygens (including phenoxy) is 2. The Bertz CT molecular complexity index is 380. The van der Waals surface area contributed by atoms with Crippen molar-refractivity contribution in [1.29, 1.82) is 0 Å². The van der Waals surface area contributed by atoms with Gasteiger partial charge in [0.05, 0.1) is 19.3 Å². The van der Waals surface area contributed by atoms with E-state index >= 15 is 0 Å². The Hall–Kier alpha value is -0.940. The van der Waals surface area contributed by atoms with Gasteiger partial charge < -0.3 is 14.6 Å². The van der Waals surface area contributed by atoms with Crippen LogP contribution in [0.3, 0.4) is 0 Å². The van der Waals surface area contributed by atoms with Crippen LogP contribution in [0.2, 0.25) is 0 Å². The largest absolute Gasteiger partial charge is 0.395 e. The molecule has 0 radical (unpaired) electrons. The van der Waals surface area contributed by atoms with Crippen LogP contribution in [-0.4, -0.2) is 48.2 Å². The fourth-order valence-electron chi connectivity index (χ4n) is 2.36. The van der Waals surface area contributed by atoms with E-state index in [1.165, 1.54) is 5.56 Å². The summed E-state index contributed by atoms with van der Waals surface area (Å²) in [6.07, 6.45) is 0.0743. The molecule has 0 spiro atoms. The van der Waals surface area contributed by atoms with Crippen LogP contribution in [0, 0.1) is 0 Å². The minimum Gasteiger partial charge on any atom is -0.395 e. The van der Waals surface area contributed by atoms with Crippen molar-refractivity contribution in [3.8, 4) is 0 Å². The van der Waals surface area contributed by atoms with Crippen molar-refractivity contribution in [2.24, 2.45) is 0 Å². The zero-order valence-corrected chi connectivity index (χ0v) is 11.7. The topological polar surface area (TPSA) is 41.9 Å². The van der Waals surface area contributed by atoms with E-state index in [1.807, 2.05) is 32.0 Å². The summed E-state index contributed by atoms with van der Waals surface area (Å²) in [5.41, 5.74) is 1.24. The molecule has 1 N–H and O–H groups in total. The summed E-state index contributed by atoms with van der Waals surface area (Å²) in [4.78, 5) is 2.20. The molecule has 1 fully saturated rings. The molecular formula is C15H23NO3. The van der Waals surface area contributed by atoms with Crippen LogP contribution in [0.25, 0.3) is 0 Å². The van der Waals surface area contributed by atoms with Crippen molar-refractivity contribution in [3.63, 3.8) is 0 Å². The standard InChI is InChI=1S/C15H23NO3/c1-15(2)18-12-14(19-15)11-16(8-9-17)10-13-6-4-3-5-7-13/h3-7,14,17H,8-12H2,1-2H3/t14-/m0/s1. The molecule has 1 aliphatic rings. The molecule has 0 amide bonds. The predicted molar refractivity (Wildman–Crippen MR) is 73.7 cm³/mol. The Kier molecular flexibility index (Phi) is 4.93. The number of rotatable bonds is 6. The molecule has 106 valence electrons. The maximum Gasteiger partial charge on any atom is 0.163 e. The molecule has 0 unspecified atom stereocenters. The number of aliphatic hydroxyl groups is 1. The minimum atomic E-state index is -0.484. The summed E-state index contributed by atoms with van der Waals surface area (Å²) < 4.78 is 11.4. The van der Waals surface area contributed by atoms with Crippen LogP contribution in [-0.2, 0) is 16.0 Å². The van der Waals surface area contributed by atoms with Crippen LogP contribution in [0.5, 0.6) is 0 Å². The Morgan fingerprint density at radius 1 is 1.32 bits per heavy atom. The third-order valence-electron chi connectivity index (χ3n) is 3.19. The average molecular weight is 265 g/mol. The molecule has 0 aromatic heterocycles. The van der Waals surface area contributed by atoms with E-state index in [4.69, 9.17) is 9.47 Å². The van der Waals surface area contributed by atoms with Gasteiger partial charge >= 0.3 is 0 Å². The summed E-state index contributed by atoms with van der Waals surface area (Å²) in [6, 6.07) is 10.3. The lowest BCUT2D eigenvalue weighted by molar-refractivity contribution is -0.140. The van der Waals surface area contributed by atoms with E-state index in [2.05, 4.69) is 17.0 Å². The van der Waals surface area contributed by atoms with Gasteiger partial charge in [-0.3, -0.25) is 4.90 Å². The fraction of sp³-hybridized carbons (Fsp3) is 0.600. The lowest BCUT2D eigenvalue weighted by Crippen LogP contribution is -2.36. The summed E-state index contributed by atoms with van der Waals surface area (Å²) >= 11 is 0. The van der Waals surface area contributed by atoms with Crippen molar-refractivity contribution in [3.05, 3.63) is 35.9 Å². The quantitative estimate of drug-likeness (QED) is 0.849. The third kappa shape index (κ3) is 4.58. The van der Waals surface area contributed by atoms with Gasteiger partial charge in [0, 0.05) is 19.6 Å². The van der Waals surface area contributed by atoms with Crippen LogP contribution in [0.4, 0.5) is 0 Å². The highest BCUT2D eigenvalue weighted by molar-refractivity contribution is 5.14. The molecule has 1 atom stereocenters. The van der Waals surface area contributed by atoms with Gasteiger partial charge in [0.25, 0.3) is 0 Å². The van der Waals surface area contributed by atoms with Crippen molar-refractivity contribution in [2.45, 2.75) is 32.3 Å². The first kappa shape index (κ1) is 14.5. The molecule has 1 saturated heterocycles. The van der Waals surface area contributed by atoms with Gasteiger partial charge in [-0.25, -0.2) is 0 Å². The molecular weight excluding hydrogens is 242 g/mol. The molecule has 4 nitrogen and oxygen atoms in total. The summed E-state index contributed by atoms with van der Waals surface area (Å²) in [5.74, 6) is -0.484. The van der Waals surface area contributed by atoms with Crippen molar-refractivity contribution >= 4 is 0 Å². The van der Waals surface area contributed by atoms with Gasteiger partial charge in [-0.1, -0.05) is 30.3 Å². The number of hydrogen-bond acceptors (Lipinski definition) is 4. The highest BCUT2D eigenvalue weighted by Crippen LogP contribution is 2.23. The van der Waals surface area contributed by atoms with Gasteiger partial charge in [0.2, 0.25) is 0 Å². The average Bonchev–Trinajstić information content (AvgIpc) is 2.70. The second-order valence-corrected chi connectivity index (χ2v) is 5.40. The minimum absolute atomic E-state index is 0.0743. The van der Waals surface area contributed by atoms with Crippen molar-refractivity contribution in [2.75, 3.05) is 26.3 Å². The molecule has 19 heavy (non-hydrogen) atoms. The SMILES string of the molecule is CC1(C)OC[C@H](CN(CCO)Cc2ccccc2)O1. The summed E-state index contributed by atoms with van der Waals surface area (Å²) in [5, 5.41) is 9.18. The predicted octanol–water partition coefficient (Wildman–Crippen LogP) is 1.63. The highest BCUT2D eigenvalue weighted by Gasteiger charge is 2.33. The maximum absolute atomic E-state index is 9.18. The number of benzene rings is 1. The molecule has 2 rings (SSSR count). The van der Waals surface area contributed by atoms with Crippen LogP contribution < -0.4 is 0 Å². The van der Waals surface area contributed by atoms with E-state index in [9.17, 15) is 5.11 Å². The molecule has 1 aromatic carbocycles. The van der Waals surface area contributed by atoms with Crippen LogP contribution in [0.1, 0.15) is 19.4 Å². The van der Waals surface area contributed by atoms with Gasteiger partial charge in [0.1, 0.15) is 0 Å². The molecule has 4 heteroatoms. The molecule has 0 saturated carbocycles. The van der Waals surface area contributed by atoms with Crippen LogP contribution >= 0.6 is 0 Å². The zero-order valence-electron chi connectivity index (χ0n) is 11.7. The third-order valence-corrected chi connectivity index (χ3v) is 3.19. The Morgan fingerprint density at radius 3 is 2.63 bits per heavy atom. The van der Waals surface area contributed by atoms with Crippen LogP contribution in [0.15, 0.2) is 30.3 Å². The first-order valence-corrected chi connectivity index (χ1v) is 6.78. The zero-order chi connectivity index (χ0) is 13.7. The highest BCUT2D eigenvalue weighted by atomic mass is 16.7. The molecule has 1 aliphatic heterocycles.